The Morgan fingerprint density at radius 2 is 2.27 bits per heavy atom. The number of likely N-dealkylation sites (tertiary alicyclic amines) is 1. The van der Waals surface area contributed by atoms with Crippen molar-refractivity contribution in [1.82, 2.24) is 15.1 Å². The zero-order valence-corrected chi connectivity index (χ0v) is 11.9. The van der Waals surface area contributed by atoms with Crippen LogP contribution >= 0.6 is 0 Å². The maximum atomic E-state index is 12.5. The van der Waals surface area contributed by atoms with Crippen molar-refractivity contribution in [2.24, 2.45) is 0 Å². The van der Waals surface area contributed by atoms with Crippen LogP contribution in [0.2, 0.25) is 0 Å². The van der Waals surface area contributed by atoms with Gasteiger partial charge in [-0.15, -0.1) is 0 Å². The van der Waals surface area contributed by atoms with Crippen molar-refractivity contribution in [3.63, 3.8) is 0 Å². The number of carbonyl (C=O) groups is 2. The second-order valence-electron chi connectivity index (χ2n) is 5.36. The number of furan rings is 1. The number of hydrogen-bond acceptors (Lipinski definition) is 5. The topological polar surface area (TPSA) is 120 Å². The molecule has 2 aromatic rings. The van der Waals surface area contributed by atoms with Crippen LogP contribution in [0.5, 0.6) is 0 Å². The number of amides is 1. The van der Waals surface area contributed by atoms with Crippen molar-refractivity contribution in [2.75, 3.05) is 13.1 Å². The molecule has 0 aromatic carbocycles. The van der Waals surface area contributed by atoms with Crippen LogP contribution in [0.15, 0.2) is 22.7 Å². The van der Waals surface area contributed by atoms with E-state index in [1.54, 1.807) is 6.07 Å². The lowest BCUT2D eigenvalue weighted by Crippen LogP contribution is -2.34. The number of H-pyrrole nitrogens is 1. The Kier molecular flexibility index (Phi) is 3.25. The van der Waals surface area contributed by atoms with Crippen molar-refractivity contribution in [2.45, 2.75) is 18.9 Å². The molecule has 116 valence electrons. The number of nitrogens with one attached hydrogen (secondary N) is 1. The summed E-state index contributed by atoms with van der Waals surface area (Å²) in [5.74, 6) is -1.61. The summed E-state index contributed by atoms with van der Waals surface area (Å²) in [7, 11) is 0. The standard InChI is InChI=1S/C14H15N3O5/c1-8-9(6-10(22-8)13(19)20)12(18)17-5-3-14(21,7-17)11-2-4-15-16-11/h2,4,6,21H,3,5,7H2,1H3,(H,15,16)(H,19,20). The van der Waals surface area contributed by atoms with E-state index < -0.39 is 11.6 Å². The number of β-amino-alcohol motifs (C(OH)–C–C–N with tert-alkyl or cyclic N) is 1. The van der Waals surface area contributed by atoms with Gasteiger partial charge < -0.3 is 19.5 Å². The number of carboxylic acid groups (broad SMARTS) is 1. The minimum Gasteiger partial charge on any atom is -0.475 e. The summed E-state index contributed by atoms with van der Waals surface area (Å²) < 4.78 is 5.06. The van der Waals surface area contributed by atoms with E-state index in [1.807, 2.05) is 0 Å². The molecule has 0 aliphatic carbocycles. The highest BCUT2D eigenvalue weighted by molar-refractivity contribution is 5.98. The molecule has 0 spiro atoms. The molecule has 0 saturated carbocycles. The molecule has 8 nitrogen and oxygen atoms in total. The van der Waals surface area contributed by atoms with Crippen LogP contribution in [0.1, 0.15) is 38.8 Å². The minimum atomic E-state index is -1.22. The monoisotopic (exact) mass is 305 g/mol. The number of aryl methyl sites for hydroxylation is 1. The molecule has 1 aliphatic rings. The summed E-state index contributed by atoms with van der Waals surface area (Å²) >= 11 is 0. The fraction of sp³-hybridized carbons (Fsp3) is 0.357. The van der Waals surface area contributed by atoms with Gasteiger partial charge in [-0.05, 0) is 13.0 Å². The van der Waals surface area contributed by atoms with E-state index in [0.29, 0.717) is 18.7 Å². The molecule has 1 unspecified atom stereocenters. The number of rotatable bonds is 3. The molecule has 1 amide bonds. The van der Waals surface area contributed by atoms with Gasteiger partial charge in [0.2, 0.25) is 5.76 Å². The molecule has 0 radical (unpaired) electrons. The number of aromatic amines is 1. The van der Waals surface area contributed by atoms with Gasteiger partial charge in [0, 0.05) is 25.2 Å². The number of aromatic nitrogens is 2. The Bertz CT molecular complexity index is 721. The molecule has 3 N–H and O–H groups in total. The second kappa shape index (κ2) is 4.99. The van der Waals surface area contributed by atoms with Crippen molar-refractivity contribution < 1.29 is 24.2 Å². The zero-order chi connectivity index (χ0) is 15.9. The fourth-order valence-corrected chi connectivity index (χ4v) is 2.67. The maximum absolute atomic E-state index is 12.5. The van der Waals surface area contributed by atoms with E-state index in [-0.39, 0.29) is 29.5 Å². The molecule has 1 aliphatic heterocycles. The molecule has 3 rings (SSSR count). The van der Waals surface area contributed by atoms with Crippen LogP contribution in [-0.2, 0) is 5.60 Å². The first-order valence-electron chi connectivity index (χ1n) is 6.76. The highest BCUT2D eigenvalue weighted by Crippen LogP contribution is 2.31. The molecule has 2 aromatic heterocycles. The largest absolute Gasteiger partial charge is 0.475 e. The highest BCUT2D eigenvalue weighted by Gasteiger charge is 2.41. The van der Waals surface area contributed by atoms with Crippen LogP contribution < -0.4 is 0 Å². The molecule has 0 bridgehead atoms. The van der Waals surface area contributed by atoms with Crippen LogP contribution in [0.3, 0.4) is 0 Å². The predicted octanol–water partition coefficient (Wildman–Crippen LogP) is 0.743. The van der Waals surface area contributed by atoms with E-state index in [0.717, 1.165) is 0 Å². The van der Waals surface area contributed by atoms with Gasteiger partial charge >= 0.3 is 5.97 Å². The van der Waals surface area contributed by atoms with E-state index in [9.17, 15) is 14.7 Å². The Morgan fingerprint density at radius 3 is 2.86 bits per heavy atom. The van der Waals surface area contributed by atoms with Crippen LogP contribution in [0, 0.1) is 6.92 Å². The Balaban J connectivity index is 1.81. The Labute approximate surface area is 125 Å². The van der Waals surface area contributed by atoms with Crippen molar-refractivity contribution >= 4 is 11.9 Å². The third-order valence-electron chi connectivity index (χ3n) is 3.90. The first-order valence-corrected chi connectivity index (χ1v) is 6.76. The van der Waals surface area contributed by atoms with Gasteiger partial charge in [-0.1, -0.05) is 0 Å². The van der Waals surface area contributed by atoms with E-state index >= 15 is 0 Å². The summed E-state index contributed by atoms with van der Waals surface area (Å²) in [6.07, 6.45) is 1.92. The Morgan fingerprint density at radius 1 is 1.50 bits per heavy atom. The third kappa shape index (κ3) is 2.27. The lowest BCUT2D eigenvalue weighted by atomic mass is 9.99. The highest BCUT2D eigenvalue weighted by atomic mass is 16.4. The Hall–Kier alpha value is -2.61. The molecule has 3 heterocycles. The summed E-state index contributed by atoms with van der Waals surface area (Å²) in [4.78, 5) is 24.9. The quantitative estimate of drug-likeness (QED) is 0.769. The average molecular weight is 305 g/mol. The van der Waals surface area contributed by atoms with Crippen molar-refractivity contribution in [3.8, 4) is 0 Å². The summed E-state index contributed by atoms with van der Waals surface area (Å²) in [6, 6.07) is 2.88. The fourth-order valence-electron chi connectivity index (χ4n) is 2.67. The van der Waals surface area contributed by atoms with E-state index in [1.165, 1.54) is 24.1 Å². The minimum absolute atomic E-state index is 0.112. The zero-order valence-electron chi connectivity index (χ0n) is 11.9. The van der Waals surface area contributed by atoms with Crippen LogP contribution in [0.4, 0.5) is 0 Å². The van der Waals surface area contributed by atoms with E-state index in [2.05, 4.69) is 10.2 Å². The first kappa shape index (κ1) is 14.3. The molecular formula is C14H15N3O5. The van der Waals surface area contributed by atoms with Crippen molar-refractivity contribution in [3.05, 3.63) is 41.1 Å². The van der Waals surface area contributed by atoms with Gasteiger partial charge in [-0.2, -0.15) is 5.10 Å². The number of carboxylic acids is 1. The lowest BCUT2D eigenvalue weighted by Gasteiger charge is -2.21. The lowest BCUT2D eigenvalue weighted by molar-refractivity contribution is 0.0382. The molecule has 8 heteroatoms. The van der Waals surface area contributed by atoms with Crippen molar-refractivity contribution in [1.29, 1.82) is 0 Å². The number of nitrogens with zero attached hydrogens (tertiary/aromatic N) is 2. The van der Waals surface area contributed by atoms with E-state index in [4.69, 9.17) is 9.52 Å². The summed E-state index contributed by atoms with van der Waals surface area (Å²) in [6.45, 7) is 2.01. The van der Waals surface area contributed by atoms with Gasteiger partial charge in [0.25, 0.3) is 5.91 Å². The average Bonchev–Trinajstić information content (AvgIpc) is 3.17. The van der Waals surface area contributed by atoms with Gasteiger partial charge in [0.15, 0.2) is 0 Å². The molecular weight excluding hydrogens is 290 g/mol. The molecule has 22 heavy (non-hydrogen) atoms. The normalized spacial score (nSPS) is 21.3. The van der Waals surface area contributed by atoms with Gasteiger partial charge in [-0.25, -0.2) is 4.79 Å². The summed E-state index contributed by atoms with van der Waals surface area (Å²) in [5.41, 5.74) is -0.413. The predicted molar refractivity (Wildman–Crippen MR) is 73.4 cm³/mol. The third-order valence-corrected chi connectivity index (χ3v) is 3.90. The first-order chi connectivity index (χ1) is 10.4. The van der Waals surface area contributed by atoms with Crippen LogP contribution in [-0.4, -0.2) is 50.3 Å². The van der Waals surface area contributed by atoms with Gasteiger partial charge in [0.1, 0.15) is 11.4 Å². The molecule has 1 atom stereocenters. The number of carbonyl (C=O) groups excluding carboxylic acids is 1. The summed E-state index contributed by atoms with van der Waals surface area (Å²) in [5, 5.41) is 26.0. The number of aromatic carboxylic acids is 1. The number of aliphatic hydroxyl groups is 1. The second-order valence-corrected chi connectivity index (χ2v) is 5.36. The van der Waals surface area contributed by atoms with Crippen LogP contribution in [0.25, 0.3) is 0 Å². The smallest absolute Gasteiger partial charge is 0.371 e. The van der Waals surface area contributed by atoms with Gasteiger partial charge in [-0.3, -0.25) is 9.89 Å². The SMILES string of the molecule is Cc1oc(C(=O)O)cc1C(=O)N1CCC(O)(c2ccn[nH]2)C1. The molecule has 1 saturated heterocycles. The van der Waals surface area contributed by atoms with Gasteiger partial charge in [0.05, 0.1) is 17.8 Å². The number of hydrogen-bond donors (Lipinski definition) is 3. The molecule has 1 fully saturated rings. The maximum Gasteiger partial charge on any atom is 0.371 e.